The molecule has 0 saturated heterocycles. The first-order chi connectivity index (χ1) is 8.25. The van der Waals surface area contributed by atoms with Gasteiger partial charge in [-0.2, -0.15) is 0 Å². The fraction of sp³-hybridized carbons (Fsp3) is 0.846. The van der Waals surface area contributed by atoms with E-state index < -0.39 is 11.4 Å². The Bertz CT molecular complexity index is 274. The van der Waals surface area contributed by atoms with Crippen LogP contribution < -0.4 is 5.32 Å². The maximum absolute atomic E-state index is 11.5. The zero-order valence-electron chi connectivity index (χ0n) is 11.8. The van der Waals surface area contributed by atoms with E-state index in [9.17, 15) is 9.59 Å². The van der Waals surface area contributed by atoms with Gasteiger partial charge >= 0.3 is 5.97 Å². The molecule has 106 valence electrons. The quantitative estimate of drug-likeness (QED) is 0.618. The van der Waals surface area contributed by atoms with Gasteiger partial charge in [-0.05, 0) is 26.2 Å². The lowest BCUT2D eigenvalue weighted by molar-refractivity contribution is -0.149. The van der Waals surface area contributed by atoms with Gasteiger partial charge in [-0.1, -0.05) is 13.8 Å². The molecule has 0 rings (SSSR count). The number of amides is 1. The van der Waals surface area contributed by atoms with Crippen LogP contribution in [-0.2, 0) is 14.3 Å². The van der Waals surface area contributed by atoms with Gasteiger partial charge in [0.1, 0.15) is 0 Å². The summed E-state index contributed by atoms with van der Waals surface area (Å²) < 4.78 is 5.37. The first-order valence-electron chi connectivity index (χ1n) is 6.33. The summed E-state index contributed by atoms with van der Waals surface area (Å²) in [5.41, 5.74) is -1.02. The molecule has 0 spiro atoms. The van der Waals surface area contributed by atoms with Crippen LogP contribution in [0.5, 0.6) is 0 Å². The molecule has 0 unspecified atom stereocenters. The minimum atomic E-state index is -1.02. The molecule has 1 amide bonds. The van der Waals surface area contributed by atoms with E-state index in [0.29, 0.717) is 19.1 Å². The Morgan fingerprint density at radius 3 is 2.44 bits per heavy atom. The number of carbonyl (C=O) groups excluding carboxylic acids is 1. The van der Waals surface area contributed by atoms with Crippen molar-refractivity contribution in [3.05, 3.63) is 0 Å². The number of nitrogens with one attached hydrogen (secondary N) is 1. The molecular weight excluding hydrogens is 234 g/mol. The summed E-state index contributed by atoms with van der Waals surface area (Å²) in [4.78, 5) is 22.3. The number of ether oxygens (including phenoxy) is 1. The number of rotatable bonds is 9. The molecular formula is C13H25NO4. The Hall–Kier alpha value is -1.10. The number of aliphatic carboxylic acids is 1. The van der Waals surface area contributed by atoms with Gasteiger partial charge in [0.15, 0.2) is 0 Å². The summed E-state index contributed by atoms with van der Waals surface area (Å²) in [5, 5.41) is 11.6. The van der Waals surface area contributed by atoms with E-state index in [1.54, 1.807) is 13.8 Å². The number of hydrogen-bond donors (Lipinski definition) is 2. The standard InChI is InChI=1S/C13H25NO4/c1-10(2)9-18-7-5-6-14-11(15)8-13(3,4)12(16)17/h10H,5-9H2,1-4H3,(H,14,15)(H,16,17). The normalized spacial score (nSPS) is 11.6. The maximum atomic E-state index is 11.5. The second kappa shape index (κ2) is 8.08. The van der Waals surface area contributed by atoms with Crippen LogP contribution in [0.1, 0.15) is 40.5 Å². The molecule has 0 aliphatic rings. The van der Waals surface area contributed by atoms with Crippen LogP contribution in [0.2, 0.25) is 0 Å². The Balaban J connectivity index is 3.63. The molecule has 0 aromatic rings. The molecule has 0 heterocycles. The highest BCUT2D eigenvalue weighted by Gasteiger charge is 2.29. The molecule has 0 fully saturated rings. The number of carboxylic acids is 1. The lowest BCUT2D eigenvalue weighted by atomic mass is 9.89. The second-order valence-electron chi connectivity index (χ2n) is 5.54. The van der Waals surface area contributed by atoms with Crippen molar-refractivity contribution in [1.82, 2.24) is 5.32 Å². The van der Waals surface area contributed by atoms with E-state index in [1.807, 2.05) is 0 Å². The molecule has 2 N–H and O–H groups in total. The summed E-state index contributed by atoms with van der Waals surface area (Å²) in [6.07, 6.45) is 0.737. The topological polar surface area (TPSA) is 75.6 Å². The molecule has 0 bridgehead atoms. The van der Waals surface area contributed by atoms with Crippen LogP contribution in [0.3, 0.4) is 0 Å². The predicted octanol–water partition coefficient (Wildman–Crippen LogP) is 1.67. The molecule has 0 aliphatic heterocycles. The number of carboxylic acid groups (broad SMARTS) is 1. The van der Waals surface area contributed by atoms with Gasteiger partial charge < -0.3 is 15.2 Å². The van der Waals surface area contributed by atoms with E-state index >= 15 is 0 Å². The van der Waals surface area contributed by atoms with E-state index in [2.05, 4.69) is 19.2 Å². The molecule has 0 aromatic heterocycles. The van der Waals surface area contributed by atoms with Crippen LogP contribution >= 0.6 is 0 Å². The maximum Gasteiger partial charge on any atom is 0.309 e. The Kier molecular flexibility index (Phi) is 7.59. The average Bonchev–Trinajstić information content (AvgIpc) is 2.21. The highest BCUT2D eigenvalue weighted by atomic mass is 16.5. The molecule has 5 nitrogen and oxygen atoms in total. The highest BCUT2D eigenvalue weighted by Crippen LogP contribution is 2.19. The third-order valence-corrected chi connectivity index (χ3v) is 2.42. The van der Waals surface area contributed by atoms with Crippen LogP contribution in [0.4, 0.5) is 0 Å². The first kappa shape index (κ1) is 16.9. The average molecular weight is 259 g/mol. The number of carbonyl (C=O) groups is 2. The Morgan fingerprint density at radius 2 is 1.94 bits per heavy atom. The summed E-state index contributed by atoms with van der Waals surface area (Å²) in [6.45, 7) is 9.10. The molecule has 0 saturated carbocycles. The molecule has 0 aromatic carbocycles. The lowest BCUT2D eigenvalue weighted by Gasteiger charge is -2.18. The zero-order chi connectivity index (χ0) is 14.2. The van der Waals surface area contributed by atoms with E-state index in [-0.39, 0.29) is 12.3 Å². The SMILES string of the molecule is CC(C)COCCCNC(=O)CC(C)(C)C(=O)O. The van der Waals surface area contributed by atoms with Crippen LogP contribution in [0, 0.1) is 11.3 Å². The van der Waals surface area contributed by atoms with Crippen molar-refractivity contribution in [3.63, 3.8) is 0 Å². The zero-order valence-corrected chi connectivity index (χ0v) is 11.8. The van der Waals surface area contributed by atoms with E-state index in [4.69, 9.17) is 9.84 Å². The Morgan fingerprint density at radius 1 is 1.33 bits per heavy atom. The summed E-state index contributed by atoms with van der Waals surface area (Å²) in [6, 6.07) is 0. The summed E-state index contributed by atoms with van der Waals surface area (Å²) >= 11 is 0. The van der Waals surface area contributed by atoms with Crippen LogP contribution in [0.15, 0.2) is 0 Å². The minimum absolute atomic E-state index is 0.00478. The summed E-state index contributed by atoms with van der Waals surface area (Å²) in [5.74, 6) is -0.680. The Labute approximate surface area is 109 Å². The molecule has 0 aliphatic carbocycles. The van der Waals surface area contributed by atoms with Crippen molar-refractivity contribution < 1.29 is 19.4 Å². The van der Waals surface area contributed by atoms with Crippen LogP contribution in [-0.4, -0.2) is 36.7 Å². The van der Waals surface area contributed by atoms with Crippen molar-refractivity contribution in [2.24, 2.45) is 11.3 Å². The first-order valence-corrected chi connectivity index (χ1v) is 6.33. The minimum Gasteiger partial charge on any atom is -0.481 e. The third kappa shape index (κ3) is 8.06. The smallest absolute Gasteiger partial charge is 0.309 e. The number of hydrogen-bond acceptors (Lipinski definition) is 3. The molecule has 18 heavy (non-hydrogen) atoms. The molecule has 0 atom stereocenters. The largest absolute Gasteiger partial charge is 0.481 e. The fourth-order valence-corrected chi connectivity index (χ4v) is 1.26. The van der Waals surface area contributed by atoms with Gasteiger partial charge in [0.25, 0.3) is 0 Å². The van der Waals surface area contributed by atoms with E-state index in [0.717, 1.165) is 13.0 Å². The summed E-state index contributed by atoms with van der Waals surface area (Å²) in [7, 11) is 0. The van der Waals surface area contributed by atoms with Crippen molar-refractivity contribution in [1.29, 1.82) is 0 Å². The van der Waals surface area contributed by atoms with Crippen molar-refractivity contribution in [3.8, 4) is 0 Å². The van der Waals surface area contributed by atoms with Gasteiger partial charge in [0.2, 0.25) is 5.91 Å². The molecule has 5 heteroatoms. The lowest BCUT2D eigenvalue weighted by Crippen LogP contribution is -2.34. The van der Waals surface area contributed by atoms with Gasteiger partial charge in [-0.25, -0.2) is 0 Å². The fourth-order valence-electron chi connectivity index (χ4n) is 1.26. The van der Waals surface area contributed by atoms with Gasteiger partial charge in [-0.3, -0.25) is 9.59 Å². The molecule has 0 radical (unpaired) electrons. The van der Waals surface area contributed by atoms with E-state index in [1.165, 1.54) is 0 Å². The van der Waals surface area contributed by atoms with Crippen molar-refractivity contribution in [2.75, 3.05) is 19.8 Å². The monoisotopic (exact) mass is 259 g/mol. The van der Waals surface area contributed by atoms with Crippen molar-refractivity contribution in [2.45, 2.75) is 40.5 Å². The van der Waals surface area contributed by atoms with Crippen LogP contribution in [0.25, 0.3) is 0 Å². The van der Waals surface area contributed by atoms with Gasteiger partial charge in [0.05, 0.1) is 5.41 Å². The third-order valence-electron chi connectivity index (χ3n) is 2.42. The van der Waals surface area contributed by atoms with Crippen molar-refractivity contribution >= 4 is 11.9 Å². The second-order valence-corrected chi connectivity index (χ2v) is 5.54. The highest BCUT2D eigenvalue weighted by molar-refractivity contribution is 5.84. The van der Waals surface area contributed by atoms with Gasteiger partial charge in [0, 0.05) is 26.2 Å². The van der Waals surface area contributed by atoms with Gasteiger partial charge in [-0.15, -0.1) is 0 Å². The predicted molar refractivity (Wildman–Crippen MR) is 69.3 cm³/mol.